The van der Waals surface area contributed by atoms with Crippen LogP contribution in [0.15, 0.2) is 42.5 Å². The summed E-state index contributed by atoms with van der Waals surface area (Å²) in [6.07, 6.45) is 0.153. The van der Waals surface area contributed by atoms with Crippen molar-refractivity contribution in [2.75, 3.05) is 14.2 Å². The van der Waals surface area contributed by atoms with Crippen molar-refractivity contribution in [2.45, 2.75) is 13.0 Å². The first-order valence-electron chi connectivity index (χ1n) is 7.30. The molecule has 6 heteroatoms. The van der Waals surface area contributed by atoms with E-state index in [1.165, 1.54) is 26.4 Å². The third-order valence-electron chi connectivity index (χ3n) is 3.44. The second-order valence-corrected chi connectivity index (χ2v) is 5.11. The Morgan fingerprint density at radius 3 is 2.33 bits per heavy atom. The Balaban J connectivity index is 1.99. The molecule has 2 aromatic carbocycles. The van der Waals surface area contributed by atoms with E-state index in [4.69, 9.17) is 9.47 Å². The Morgan fingerprint density at radius 2 is 1.71 bits per heavy atom. The Morgan fingerprint density at radius 1 is 1.04 bits per heavy atom. The molecular weight excluding hydrogens is 313 g/mol. The van der Waals surface area contributed by atoms with Crippen molar-refractivity contribution in [3.8, 4) is 5.75 Å². The smallest absolute Gasteiger partial charge is 0.341 e. The van der Waals surface area contributed by atoms with E-state index < -0.39 is 5.97 Å². The maximum atomic E-state index is 12.8. The number of carbonyl (C=O) groups is 2. The second kappa shape index (κ2) is 8.10. The van der Waals surface area contributed by atoms with Crippen LogP contribution in [0.1, 0.15) is 21.5 Å². The van der Waals surface area contributed by atoms with Crippen molar-refractivity contribution in [3.05, 3.63) is 65.0 Å². The third kappa shape index (κ3) is 4.55. The number of nitrogens with one attached hydrogen (secondary N) is 1. The van der Waals surface area contributed by atoms with Gasteiger partial charge in [0.2, 0.25) is 5.91 Å². The van der Waals surface area contributed by atoms with Gasteiger partial charge in [-0.05, 0) is 35.4 Å². The maximum absolute atomic E-state index is 12.8. The van der Waals surface area contributed by atoms with E-state index in [0.29, 0.717) is 11.3 Å². The van der Waals surface area contributed by atoms with Gasteiger partial charge in [-0.1, -0.05) is 18.2 Å². The van der Waals surface area contributed by atoms with Crippen molar-refractivity contribution in [1.82, 2.24) is 5.32 Å². The number of benzene rings is 2. The zero-order valence-electron chi connectivity index (χ0n) is 13.5. The fourth-order valence-corrected chi connectivity index (χ4v) is 2.19. The summed E-state index contributed by atoms with van der Waals surface area (Å²) in [5, 5.41) is 2.76. The SMILES string of the molecule is COC(=O)c1cc(CNC(=O)Cc2ccc(F)cc2)ccc1OC. The topological polar surface area (TPSA) is 64.6 Å². The molecule has 2 rings (SSSR count). The van der Waals surface area contributed by atoms with Gasteiger partial charge in [0.25, 0.3) is 0 Å². The molecule has 0 bridgehead atoms. The number of hydrogen-bond donors (Lipinski definition) is 1. The summed E-state index contributed by atoms with van der Waals surface area (Å²) >= 11 is 0. The number of rotatable bonds is 6. The van der Waals surface area contributed by atoms with E-state index in [1.807, 2.05) is 0 Å². The largest absolute Gasteiger partial charge is 0.496 e. The van der Waals surface area contributed by atoms with E-state index >= 15 is 0 Å². The normalized spacial score (nSPS) is 10.1. The minimum atomic E-state index is -0.508. The van der Waals surface area contributed by atoms with E-state index in [-0.39, 0.29) is 24.7 Å². The molecule has 0 aliphatic heterocycles. The Hall–Kier alpha value is -2.89. The summed E-state index contributed by atoms with van der Waals surface area (Å²) in [5.74, 6) is -0.639. The number of halogens is 1. The van der Waals surface area contributed by atoms with Gasteiger partial charge in [0.05, 0.1) is 20.6 Å². The zero-order chi connectivity index (χ0) is 17.5. The molecule has 0 saturated carbocycles. The van der Waals surface area contributed by atoms with Gasteiger partial charge < -0.3 is 14.8 Å². The highest BCUT2D eigenvalue weighted by Gasteiger charge is 2.13. The van der Waals surface area contributed by atoms with Gasteiger partial charge in [-0.3, -0.25) is 4.79 Å². The molecule has 0 spiro atoms. The summed E-state index contributed by atoms with van der Waals surface area (Å²) in [5.41, 5.74) is 1.76. The molecule has 0 fully saturated rings. The third-order valence-corrected chi connectivity index (χ3v) is 3.44. The van der Waals surface area contributed by atoms with Crippen molar-refractivity contribution in [1.29, 1.82) is 0 Å². The van der Waals surface area contributed by atoms with E-state index in [9.17, 15) is 14.0 Å². The first-order chi connectivity index (χ1) is 11.5. The average Bonchev–Trinajstić information content (AvgIpc) is 2.61. The van der Waals surface area contributed by atoms with Gasteiger partial charge in [0.15, 0.2) is 0 Å². The van der Waals surface area contributed by atoms with Crippen LogP contribution in [0.5, 0.6) is 5.75 Å². The van der Waals surface area contributed by atoms with Crippen LogP contribution in [-0.4, -0.2) is 26.1 Å². The lowest BCUT2D eigenvalue weighted by Gasteiger charge is -2.10. The minimum Gasteiger partial charge on any atom is -0.496 e. The molecule has 0 atom stereocenters. The number of amides is 1. The van der Waals surface area contributed by atoms with Gasteiger partial charge in [-0.2, -0.15) is 0 Å². The second-order valence-electron chi connectivity index (χ2n) is 5.11. The quantitative estimate of drug-likeness (QED) is 0.826. The van der Waals surface area contributed by atoms with E-state index in [1.54, 1.807) is 30.3 Å². The standard InChI is InChI=1S/C18H18FNO4/c1-23-16-8-5-13(9-15(16)18(22)24-2)11-20-17(21)10-12-3-6-14(19)7-4-12/h3-9H,10-11H2,1-2H3,(H,20,21). The monoisotopic (exact) mass is 331 g/mol. The molecular formula is C18H18FNO4. The van der Waals surface area contributed by atoms with Gasteiger partial charge >= 0.3 is 5.97 Å². The van der Waals surface area contributed by atoms with Gasteiger partial charge in [-0.25, -0.2) is 9.18 Å². The number of carbonyl (C=O) groups excluding carboxylic acids is 2. The van der Waals surface area contributed by atoms with Crippen LogP contribution >= 0.6 is 0 Å². The molecule has 126 valence electrons. The fraction of sp³-hybridized carbons (Fsp3) is 0.222. The van der Waals surface area contributed by atoms with Crippen LogP contribution in [0.3, 0.4) is 0 Å². The molecule has 0 saturated heterocycles. The van der Waals surface area contributed by atoms with Crippen LogP contribution in [0.4, 0.5) is 4.39 Å². The Bertz CT molecular complexity index is 728. The summed E-state index contributed by atoms with van der Waals surface area (Å²) in [4.78, 5) is 23.7. The highest BCUT2D eigenvalue weighted by atomic mass is 19.1. The van der Waals surface area contributed by atoms with Gasteiger partial charge in [0.1, 0.15) is 17.1 Å². The molecule has 1 N–H and O–H groups in total. The fourth-order valence-electron chi connectivity index (χ4n) is 2.19. The van der Waals surface area contributed by atoms with Crippen LogP contribution in [0.25, 0.3) is 0 Å². The number of ether oxygens (including phenoxy) is 2. The lowest BCUT2D eigenvalue weighted by atomic mass is 10.1. The Kier molecular flexibility index (Phi) is 5.89. The average molecular weight is 331 g/mol. The minimum absolute atomic E-state index is 0.153. The highest BCUT2D eigenvalue weighted by molar-refractivity contribution is 5.92. The molecule has 0 radical (unpaired) electrons. The predicted octanol–water partition coefficient (Wildman–Crippen LogP) is 2.48. The summed E-state index contributed by atoms with van der Waals surface area (Å²) < 4.78 is 22.7. The number of methoxy groups -OCH3 is 2. The highest BCUT2D eigenvalue weighted by Crippen LogP contribution is 2.20. The van der Waals surface area contributed by atoms with Crippen LogP contribution in [-0.2, 0) is 22.5 Å². The van der Waals surface area contributed by atoms with E-state index in [2.05, 4.69) is 5.32 Å². The van der Waals surface area contributed by atoms with Crippen LogP contribution in [0, 0.1) is 5.82 Å². The molecule has 0 heterocycles. The summed E-state index contributed by atoms with van der Waals surface area (Å²) in [7, 11) is 2.75. The van der Waals surface area contributed by atoms with Crippen LogP contribution < -0.4 is 10.1 Å². The lowest BCUT2D eigenvalue weighted by Crippen LogP contribution is -2.24. The van der Waals surface area contributed by atoms with Gasteiger partial charge in [0, 0.05) is 6.54 Å². The number of esters is 1. The number of hydrogen-bond acceptors (Lipinski definition) is 4. The molecule has 24 heavy (non-hydrogen) atoms. The van der Waals surface area contributed by atoms with Crippen molar-refractivity contribution in [2.24, 2.45) is 0 Å². The predicted molar refractivity (Wildman–Crippen MR) is 86.3 cm³/mol. The van der Waals surface area contributed by atoms with Gasteiger partial charge in [-0.15, -0.1) is 0 Å². The summed E-state index contributed by atoms with van der Waals surface area (Å²) in [6, 6.07) is 10.8. The lowest BCUT2D eigenvalue weighted by molar-refractivity contribution is -0.120. The summed E-state index contributed by atoms with van der Waals surface area (Å²) in [6.45, 7) is 0.258. The molecule has 0 aromatic heterocycles. The first-order valence-corrected chi connectivity index (χ1v) is 7.30. The molecule has 0 aliphatic carbocycles. The molecule has 2 aromatic rings. The van der Waals surface area contributed by atoms with Crippen molar-refractivity contribution < 1.29 is 23.5 Å². The maximum Gasteiger partial charge on any atom is 0.341 e. The molecule has 0 unspecified atom stereocenters. The molecule has 5 nitrogen and oxygen atoms in total. The first kappa shape index (κ1) is 17.5. The van der Waals surface area contributed by atoms with Crippen LogP contribution in [0.2, 0.25) is 0 Å². The zero-order valence-corrected chi connectivity index (χ0v) is 13.5. The molecule has 1 amide bonds. The van der Waals surface area contributed by atoms with Crippen molar-refractivity contribution in [3.63, 3.8) is 0 Å². The molecule has 0 aliphatic rings. The van der Waals surface area contributed by atoms with E-state index in [0.717, 1.165) is 11.1 Å². The Labute approximate surface area is 139 Å². The van der Waals surface area contributed by atoms with Crippen molar-refractivity contribution >= 4 is 11.9 Å².